The van der Waals surface area contributed by atoms with E-state index in [4.69, 9.17) is 10.2 Å². The van der Waals surface area contributed by atoms with E-state index in [0.717, 1.165) is 0 Å². The van der Waals surface area contributed by atoms with Gasteiger partial charge in [-0.3, -0.25) is 0 Å². The van der Waals surface area contributed by atoms with Crippen LogP contribution in [0.5, 0.6) is 0 Å². The highest BCUT2D eigenvalue weighted by Crippen LogP contribution is 2.36. The van der Waals surface area contributed by atoms with Crippen LogP contribution >= 0.6 is 23.5 Å². The Kier molecular flexibility index (Phi) is 6.71. The van der Waals surface area contributed by atoms with Crippen LogP contribution < -0.4 is 0 Å². The highest BCUT2D eigenvalue weighted by Gasteiger charge is 2.19. The first-order valence-electron chi connectivity index (χ1n) is 7.64. The fourth-order valence-electron chi connectivity index (χ4n) is 2.33. The minimum absolute atomic E-state index is 0.199. The van der Waals surface area contributed by atoms with E-state index in [2.05, 4.69) is 0 Å². The second-order valence-electron chi connectivity index (χ2n) is 5.44. The molecule has 0 saturated carbocycles. The van der Waals surface area contributed by atoms with Gasteiger partial charge in [-0.2, -0.15) is 0 Å². The van der Waals surface area contributed by atoms with Crippen molar-refractivity contribution in [2.24, 2.45) is 0 Å². The molecule has 10 heteroatoms. The smallest absolute Gasteiger partial charge is 0.336 e. The van der Waals surface area contributed by atoms with Crippen molar-refractivity contribution in [3.63, 3.8) is 0 Å². The van der Waals surface area contributed by atoms with Gasteiger partial charge >= 0.3 is 23.9 Å². The van der Waals surface area contributed by atoms with Crippen LogP contribution in [-0.2, 0) is 0 Å². The molecule has 8 nitrogen and oxygen atoms in total. The zero-order valence-corrected chi connectivity index (χ0v) is 15.9. The molecule has 0 atom stereocenters. The Morgan fingerprint density at radius 2 is 0.964 bits per heavy atom. The Hall–Kier alpha value is -2.98. The zero-order chi connectivity index (χ0) is 21.0. The van der Waals surface area contributed by atoms with Gasteiger partial charge in [0.2, 0.25) is 0 Å². The summed E-state index contributed by atoms with van der Waals surface area (Å²) in [5.74, 6) is -5.38. The van der Waals surface area contributed by atoms with E-state index in [9.17, 15) is 29.4 Å². The summed E-state index contributed by atoms with van der Waals surface area (Å²) in [6, 6.07) is 7.96. The fourth-order valence-corrected chi connectivity index (χ4v) is 4.62. The average Bonchev–Trinajstić information content (AvgIpc) is 2.60. The molecule has 0 bridgehead atoms. The SMILES string of the molecule is CC(Sc1ccc(C(=O)O)c(C(=O)O)c1)Sc1ccc(C(=O)O)c(C(=O)O)c1. The molecule has 0 radical (unpaired) electrons. The predicted octanol–water partition coefficient (Wildman–Crippen LogP) is 3.71. The number of carboxylic acid groups (broad SMARTS) is 4. The van der Waals surface area contributed by atoms with E-state index in [1.54, 1.807) is 6.92 Å². The molecule has 0 aliphatic rings. The lowest BCUT2D eigenvalue weighted by molar-refractivity contribution is 0.0651. The largest absolute Gasteiger partial charge is 0.478 e. The molecule has 0 aliphatic heterocycles. The maximum atomic E-state index is 11.3. The summed E-state index contributed by atoms with van der Waals surface area (Å²) >= 11 is 2.52. The molecule has 0 fully saturated rings. The maximum absolute atomic E-state index is 11.3. The predicted molar refractivity (Wildman–Crippen MR) is 102 cm³/mol. The second-order valence-corrected chi connectivity index (χ2v) is 8.57. The van der Waals surface area contributed by atoms with E-state index in [-0.39, 0.29) is 26.8 Å². The third-order valence-electron chi connectivity index (χ3n) is 3.51. The monoisotopic (exact) mass is 422 g/mol. The van der Waals surface area contributed by atoms with Crippen molar-refractivity contribution in [2.75, 3.05) is 0 Å². The molecule has 0 unspecified atom stereocenters. The van der Waals surface area contributed by atoms with Gasteiger partial charge in [0, 0.05) is 9.79 Å². The van der Waals surface area contributed by atoms with Gasteiger partial charge in [0.15, 0.2) is 0 Å². The quantitative estimate of drug-likeness (QED) is 0.366. The average molecular weight is 422 g/mol. The van der Waals surface area contributed by atoms with Crippen LogP contribution in [0.4, 0.5) is 0 Å². The second kappa shape index (κ2) is 8.81. The van der Waals surface area contributed by atoms with Gasteiger partial charge < -0.3 is 20.4 Å². The lowest BCUT2D eigenvalue weighted by Gasteiger charge is -2.13. The summed E-state index contributed by atoms with van der Waals surface area (Å²) in [6.45, 7) is 1.80. The van der Waals surface area contributed by atoms with Crippen molar-refractivity contribution in [2.45, 2.75) is 21.3 Å². The van der Waals surface area contributed by atoms with Crippen LogP contribution in [0.25, 0.3) is 0 Å². The molecule has 28 heavy (non-hydrogen) atoms. The molecule has 4 N–H and O–H groups in total. The third kappa shape index (κ3) is 5.05. The van der Waals surface area contributed by atoms with Gasteiger partial charge in [-0.15, -0.1) is 23.5 Å². The molecule has 0 aromatic heterocycles. The minimum Gasteiger partial charge on any atom is -0.478 e. The lowest BCUT2D eigenvalue weighted by Crippen LogP contribution is -2.08. The van der Waals surface area contributed by atoms with Crippen molar-refractivity contribution in [1.29, 1.82) is 0 Å². The summed E-state index contributed by atoms with van der Waals surface area (Å²) in [6.07, 6.45) is 0. The van der Waals surface area contributed by atoms with Crippen molar-refractivity contribution >= 4 is 47.4 Å². The Morgan fingerprint density at radius 1 is 0.643 bits per heavy atom. The van der Waals surface area contributed by atoms with Crippen LogP contribution in [0.15, 0.2) is 46.2 Å². The van der Waals surface area contributed by atoms with Crippen molar-refractivity contribution in [1.82, 2.24) is 0 Å². The first kappa shape index (κ1) is 21.3. The normalized spacial score (nSPS) is 10.6. The fraction of sp³-hybridized carbons (Fsp3) is 0.111. The molecule has 0 aliphatic carbocycles. The summed E-state index contributed by atoms with van der Waals surface area (Å²) in [4.78, 5) is 45.8. The third-order valence-corrected chi connectivity index (χ3v) is 5.80. The first-order chi connectivity index (χ1) is 13.1. The van der Waals surface area contributed by atoms with Crippen molar-refractivity contribution in [3.8, 4) is 0 Å². The number of carboxylic acids is 4. The van der Waals surface area contributed by atoms with Crippen molar-refractivity contribution < 1.29 is 39.6 Å². The Bertz CT molecular complexity index is 893. The first-order valence-corrected chi connectivity index (χ1v) is 9.40. The van der Waals surface area contributed by atoms with Crippen LogP contribution in [0.3, 0.4) is 0 Å². The number of rotatable bonds is 8. The van der Waals surface area contributed by atoms with E-state index in [1.165, 1.54) is 59.9 Å². The summed E-state index contributed by atoms with van der Waals surface area (Å²) in [5.41, 5.74) is -1.28. The number of thioether (sulfide) groups is 2. The van der Waals surface area contributed by atoms with Crippen LogP contribution in [-0.4, -0.2) is 48.9 Å². The maximum Gasteiger partial charge on any atom is 0.336 e. The van der Waals surface area contributed by atoms with Crippen molar-refractivity contribution in [3.05, 3.63) is 58.7 Å². The molecule has 2 aromatic carbocycles. The van der Waals surface area contributed by atoms with E-state index in [1.807, 2.05) is 0 Å². The molecule has 2 rings (SSSR count). The van der Waals surface area contributed by atoms with Gasteiger partial charge in [-0.05, 0) is 43.3 Å². The molecular weight excluding hydrogens is 408 g/mol. The number of hydrogen-bond donors (Lipinski definition) is 4. The zero-order valence-electron chi connectivity index (χ0n) is 14.3. The summed E-state index contributed by atoms with van der Waals surface area (Å²) in [7, 11) is 0. The van der Waals surface area contributed by atoms with E-state index in [0.29, 0.717) is 9.79 Å². The van der Waals surface area contributed by atoms with Gasteiger partial charge in [0.1, 0.15) is 0 Å². The number of benzene rings is 2. The van der Waals surface area contributed by atoms with Crippen LogP contribution in [0.1, 0.15) is 48.4 Å². The van der Waals surface area contributed by atoms with Crippen LogP contribution in [0, 0.1) is 0 Å². The Labute approximate surface area is 167 Å². The van der Waals surface area contributed by atoms with Gasteiger partial charge in [-0.1, -0.05) is 0 Å². The van der Waals surface area contributed by atoms with Gasteiger partial charge in [0.05, 0.1) is 26.8 Å². The number of aromatic carboxylic acids is 4. The summed E-state index contributed by atoms with van der Waals surface area (Å²) in [5, 5.41) is 36.5. The molecule has 0 spiro atoms. The van der Waals surface area contributed by atoms with E-state index >= 15 is 0 Å². The minimum atomic E-state index is -1.35. The molecule has 0 saturated heterocycles. The topological polar surface area (TPSA) is 149 Å². The number of hydrogen-bond acceptors (Lipinski definition) is 6. The Balaban J connectivity index is 2.21. The molecular formula is C18H14O8S2. The summed E-state index contributed by atoms with van der Waals surface area (Å²) < 4.78 is -0.199. The number of carbonyl (C=O) groups is 4. The van der Waals surface area contributed by atoms with Gasteiger partial charge in [0.25, 0.3) is 0 Å². The van der Waals surface area contributed by atoms with E-state index < -0.39 is 23.9 Å². The molecule has 2 aromatic rings. The Morgan fingerprint density at radius 3 is 1.25 bits per heavy atom. The van der Waals surface area contributed by atoms with Crippen LogP contribution in [0.2, 0.25) is 0 Å². The molecule has 0 amide bonds. The molecule has 146 valence electrons. The lowest BCUT2D eigenvalue weighted by atomic mass is 10.1. The highest BCUT2D eigenvalue weighted by molar-refractivity contribution is 8.17. The highest BCUT2D eigenvalue weighted by atomic mass is 32.2. The molecule has 0 heterocycles. The van der Waals surface area contributed by atoms with Gasteiger partial charge in [-0.25, -0.2) is 19.2 Å². The standard InChI is InChI=1S/C18H14O8S2/c1-8(27-9-2-4-11(15(19)20)13(6-9)17(23)24)28-10-3-5-12(16(21)22)14(7-10)18(25)26/h2-8H,1H3,(H,19,20)(H,21,22)(H,23,24)(H,25,26).